The average molecular weight is 282 g/mol. The van der Waals surface area contributed by atoms with E-state index in [1.54, 1.807) is 7.11 Å². The molecule has 0 fully saturated rings. The molecule has 2 nitrogen and oxygen atoms in total. The molecule has 0 saturated heterocycles. The molecule has 110 valence electrons. The van der Waals surface area contributed by atoms with E-state index < -0.39 is 0 Å². The van der Waals surface area contributed by atoms with Gasteiger partial charge in [-0.3, -0.25) is 4.79 Å². The van der Waals surface area contributed by atoms with Crippen molar-refractivity contribution >= 4 is 11.4 Å². The van der Waals surface area contributed by atoms with Crippen molar-refractivity contribution in [3.8, 4) is 5.75 Å². The number of carbonyl (C=O) groups excluding carboxylic acids is 1. The van der Waals surface area contributed by atoms with Crippen molar-refractivity contribution in [3.63, 3.8) is 0 Å². The summed E-state index contributed by atoms with van der Waals surface area (Å²) in [6.07, 6.45) is 7.00. The van der Waals surface area contributed by atoms with E-state index in [4.69, 9.17) is 4.74 Å². The highest BCUT2D eigenvalue weighted by Crippen LogP contribution is 2.49. The van der Waals surface area contributed by atoms with E-state index >= 15 is 0 Å². The Bertz CT molecular complexity index is 637. The summed E-state index contributed by atoms with van der Waals surface area (Å²) in [5.41, 5.74) is 4.85. The van der Waals surface area contributed by atoms with Crippen LogP contribution in [-0.4, -0.2) is 12.9 Å². The summed E-state index contributed by atoms with van der Waals surface area (Å²) in [6.45, 7) is 4.04. The number of rotatable bonds is 3. The maximum Gasteiger partial charge on any atom is 0.159 e. The molecule has 21 heavy (non-hydrogen) atoms. The Morgan fingerprint density at radius 3 is 2.86 bits per heavy atom. The summed E-state index contributed by atoms with van der Waals surface area (Å²) in [5.74, 6) is 2.15. The van der Waals surface area contributed by atoms with Gasteiger partial charge in [0.25, 0.3) is 0 Å². The molecular weight excluding hydrogens is 260 g/mol. The normalized spacial score (nSPS) is 24.4. The number of ether oxygens (including phenoxy) is 1. The van der Waals surface area contributed by atoms with Gasteiger partial charge in [0, 0.05) is 6.42 Å². The molecule has 0 amide bonds. The van der Waals surface area contributed by atoms with Gasteiger partial charge in [0.1, 0.15) is 5.75 Å². The Hall–Kier alpha value is -1.83. The molecule has 0 spiro atoms. The third-order valence-corrected chi connectivity index (χ3v) is 4.93. The van der Waals surface area contributed by atoms with Crippen molar-refractivity contribution in [1.82, 2.24) is 0 Å². The van der Waals surface area contributed by atoms with Gasteiger partial charge in [-0.15, -0.1) is 0 Å². The van der Waals surface area contributed by atoms with E-state index in [1.165, 1.54) is 16.7 Å². The number of benzene rings is 1. The van der Waals surface area contributed by atoms with Crippen LogP contribution in [0.2, 0.25) is 0 Å². The Morgan fingerprint density at radius 2 is 2.14 bits per heavy atom. The first-order valence-electron chi connectivity index (χ1n) is 7.68. The molecule has 0 heterocycles. The minimum atomic E-state index is 0.319. The van der Waals surface area contributed by atoms with Crippen LogP contribution in [0.3, 0.4) is 0 Å². The molecule has 2 unspecified atom stereocenters. The second kappa shape index (κ2) is 5.51. The molecule has 0 saturated carbocycles. The van der Waals surface area contributed by atoms with Gasteiger partial charge in [0.2, 0.25) is 0 Å². The zero-order valence-corrected chi connectivity index (χ0v) is 13.0. The van der Waals surface area contributed by atoms with Crippen LogP contribution in [-0.2, 0) is 11.2 Å². The van der Waals surface area contributed by atoms with E-state index in [9.17, 15) is 4.79 Å². The first-order valence-corrected chi connectivity index (χ1v) is 7.68. The van der Waals surface area contributed by atoms with Gasteiger partial charge in [-0.2, -0.15) is 0 Å². The highest BCUT2D eigenvalue weighted by Gasteiger charge is 2.39. The van der Waals surface area contributed by atoms with E-state index in [1.807, 2.05) is 19.9 Å². The minimum absolute atomic E-state index is 0.319. The van der Waals surface area contributed by atoms with Crippen molar-refractivity contribution in [2.75, 3.05) is 7.11 Å². The van der Waals surface area contributed by atoms with Gasteiger partial charge >= 0.3 is 0 Å². The minimum Gasteiger partial charge on any atom is -0.497 e. The third kappa shape index (κ3) is 2.33. The Morgan fingerprint density at radius 1 is 1.33 bits per heavy atom. The number of Topliss-reactive ketones (excluding diaryl/α,β-unsaturated/α-hetero) is 1. The maximum absolute atomic E-state index is 12.3. The van der Waals surface area contributed by atoms with Crippen molar-refractivity contribution in [3.05, 3.63) is 47.1 Å². The van der Waals surface area contributed by atoms with Crippen molar-refractivity contribution in [2.24, 2.45) is 11.8 Å². The molecule has 0 N–H and O–H groups in total. The smallest absolute Gasteiger partial charge is 0.159 e. The van der Waals surface area contributed by atoms with Gasteiger partial charge in [-0.05, 0) is 72.9 Å². The van der Waals surface area contributed by atoms with E-state index in [0.717, 1.165) is 24.2 Å². The lowest BCUT2D eigenvalue weighted by molar-refractivity contribution is -0.117. The Balaban J connectivity index is 2.04. The van der Waals surface area contributed by atoms with Crippen LogP contribution in [0.5, 0.6) is 5.75 Å². The zero-order chi connectivity index (χ0) is 15.0. The SMILES string of the molecule is CC=CCC1CC(=O)C(C)=C2c3ccc(OC)cc3CC21. The lowest BCUT2D eigenvalue weighted by atomic mass is 9.73. The van der Waals surface area contributed by atoms with Crippen molar-refractivity contribution < 1.29 is 9.53 Å². The number of allylic oxidation sites excluding steroid dienone is 4. The molecule has 2 heteroatoms. The summed E-state index contributed by atoms with van der Waals surface area (Å²) in [6, 6.07) is 6.25. The third-order valence-electron chi connectivity index (χ3n) is 4.93. The summed E-state index contributed by atoms with van der Waals surface area (Å²) >= 11 is 0. The summed E-state index contributed by atoms with van der Waals surface area (Å²) in [7, 11) is 1.70. The highest BCUT2D eigenvalue weighted by molar-refractivity contribution is 6.05. The molecule has 3 rings (SSSR count). The second-order valence-electron chi connectivity index (χ2n) is 6.06. The molecule has 1 aromatic rings. The second-order valence-corrected chi connectivity index (χ2v) is 6.06. The first kappa shape index (κ1) is 14.1. The molecule has 0 bridgehead atoms. The van der Waals surface area contributed by atoms with Gasteiger partial charge in [0.15, 0.2) is 5.78 Å². The lowest BCUT2D eigenvalue weighted by Crippen LogP contribution is -2.25. The van der Waals surface area contributed by atoms with E-state index in [0.29, 0.717) is 24.0 Å². The Labute approximate surface area is 126 Å². The van der Waals surface area contributed by atoms with Crippen LogP contribution in [0.1, 0.15) is 37.8 Å². The van der Waals surface area contributed by atoms with Crippen LogP contribution in [0.15, 0.2) is 35.9 Å². The number of methoxy groups -OCH3 is 1. The number of hydrogen-bond donors (Lipinski definition) is 0. The van der Waals surface area contributed by atoms with Crippen molar-refractivity contribution in [2.45, 2.75) is 33.1 Å². The van der Waals surface area contributed by atoms with Crippen LogP contribution >= 0.6 is 0 Å². The predicted octanol–water partition coefficient (Wildman–Crippen LogP) is 4.20. The maximum atomic E-state index is 12.3. The molecule has 1 aromatic carbocycles. The van der Waals surface area contributed by atoms with Crippen molar-refractivity contribution in [1.29, 1.82) is 0 Å². The lowest BCUT2D eigenvalue weighted by Gasteiger charge is -2.29. The summed E-state index contributed by atoms with van der Waals surface area (Å²) in [4.78, 5) is 12.3. The molecular formula is C19H22O2. The van der Waals surface area contributed by atoms with Crippen LogP contribution in [0.4, 0.5) is 0 Å². The zero-order valence-electron chi connectivity index (χ0n) is 13.0. The largest absolute Gasteiger partial charge is 0.497 e. The quantitative estimate of drug-likeness (QED) is 0.777. The molecule has 0 aromatic heterocycles. The van der Waals surface area contributed by atoms with Crippen LogP contribution in [0, 0.1) is 11.8 Å². The molecule has 0 aliphatic heterocycles. The van der Waals surface area contributed by atoms with Gasteiger partial charge < -0.3 is 4.74 Å². The molecule has 2 aliphatic rings. The fraction of sp³-hybridized carbons (Fsp3) is 0.421. The fourth-order valence-electron chi connectivity index (χ4n) is 3.79. The number of hydrogen-bond acceptors (Lipinski definition) is 2. The summed E-state index contributed by atoms with van der Waals surface area (Å²) in [5, 5.41) is 0. The number of carbonyl (C=O) groups is 1. The number of ketones is 1. The van der Waals surface area contributed by atoms with E-state index in [2.05, 4.69) is 24.3 Å². The molecule has 2 aliphatic carbocycles. The Kier molecular flexibility index (Phi) is 3.71. The predicted molar refractivity (Wildman–Crippen MR) is 85.3 cm³/mol. The van der Waals surface area contributed by atoms with E-state index in [-0.39, 0.29) is 0 Å². The monoisotopic (exact) mass is 282 g/mol. The number of fused-ring (bicyclic) bond motifs is 3. The standard InChI is InChI=1S/C19H22O2/c1-4-5-6-13-11-18(20)12(2)19-16-8-7-15(21-3)9-14(16)10-17(13)19/h4-5,7-9,13,17H,6,10-11H2,1-3H3. The first-order chi connectivity index (χ1) is 10.2. The summed E-state index contributed by atoms with van der Waals surface area (Å²) < 4.78 is 5.34. The van der Waals surface area contributed by atoms with Crippen LogP contribution in [0.25, 0.3) is 5.57 Å². The van der Waals surface area contributed by atoms with Gasteiger partial charge in [0.05, 0.1) is 7.11 Å². The molecule has 0 radical (unpaired) electrons. The molecule has 2 atom stereocenters. The van der Waals surface area contributed by atoms with Crippen LogP contribution < -0.4 is 4.74 Å². The fourth-order valence-corrected chi connectivity index (χ4v) is 3.79. The van der Waals surface area contributed by atoms with Gasteiger partial charge in [-0.1, -0.05) is 18.2 Å². The highest BCUT2D eigenvalue weighted by atomic mass is 16.5. The average Bonchev–Trinajstić information content (AvgIpc) is 2.88. The topological polar surface area (TPSA) is 26.3 Å². The van der Waals surface area contributed by atoms with Gasteiger partial charge in [-0.25, -0.2) is 0 Å².